The van der Waals surface area contributed by atoms with Gasteiger partial charge in [0.2, 0.25) is 0 Å². The maximum atomic E-state index is 13.0. The van der Waals surface area contributed by atoms with E-state index in [1.807, 2.05) is 18.2 Å². The van der Waals surface area contributed by atoms with Crippen molar-refractivity contribution >= 4 is 14.1 Å². The summed E-state index contributed by atoms with van der Waals surface area (Å²) in [6, 6.07) is 10.2. The Morgan fingerprint density at radius 1 is 1.18 bits per heavy atom. The maximum Gasteiger partial charge on any atom is 0.192 e. The zero-order valence-corrected chi connectivity index (χ0v) is 22.7. The number of aliphatic hydroxyl groups excluding tert-OH is 1. The summed E-state index contributed by atoms with van der Waals surface area (Å²) in [5, 5.41) is 11.0. The van der Waals surface area contributed by atoms with E-state index in [0.717, 1.165) is 25.7 Å². The predicted molar refractivity (Wildman–Crippen MR) is 139 cm³/mol. The summed E-state index contributed by atoms with van der Waals surface area (Å²) in [6.45, 7) is 14.5. The van der Waals surface area contributed by atoms with Gasteiger partial charge in [0.25, 0.3) is 0 Å². The van der Waals surface area contributed by atoms with E-state index in [1.54, 1.807) is 0 Å². The molecule has 1 saturated carbocycles. The number of hydrogen-bond donors (Lipinski definition) is 1. The molecule has 1 N–H and O–H groups in total. The average molecular weight is 475 g/mol. The van der Waals surface area contributed by atoms with Gasteiger partial charge in [0.1, 0.15) is 5.78 Å². The van der Waals surface area contributed by atoms with Crippen LogP contribution in [0.3, 0.4) is 0 Å². The number of carbonyl (C=O) groups is 1. The number of unbranched alkanes of at least 4 members (excludes halogenated alkanes) is 2. The van der Waals surface area contributed by atoms with Crippen LogP contribution in [0.1, 0.15) is 71.8 Å². The molecular weight excluding hydrogens is 428 g/mol. The molecule has 0 radical (unpaired) electrons. The first-order valence-corrected chi connectivity index (χ1v) is 15.6. The molecule has 2 rings (SSSR count). The highest BCUT2D eigenvalue weighted by Gasteiger charge is 2.49. The molecule has 5 heteroatoms. The predicted octanol–water partition coefficient (Wildman–Crippen LogP) is 6.69. The molecule has 0 heterocycles. The van der Waals surface area contributed by atoms with Crippen molar-refractivity contribution in [2.45, 2.75) is 103 Å². The monoisotopic (exact) mass is 474 g/mol. The lowest BCUT2D eigenvalue weighted by atomic mass is 9.86. The summed E-state index contributed by atoms with van der Waals surface area (Å²) in [4.78, 5) is 13.0. The summed E-state index contributed by atoms with van der Waals surface area (Å²) >= 11 is 0. The van der Waals surface area contributed by atoms with E-state index in [9.17, 15) is 9.90 Å². The van der Waals surface area contributed by atoms with Gasteiger partial charge in [-0.05, 0) is 36.5 Å². The van der Waals surface area contributed by atoms with Gasteiger partial charge in [-0.2, -0.15) is 0 Å². The third-order valence-corrected chi connectivity index (χ3v) is 11.8. The summed E-state index contributed by atoms with van der Waals surface area (Å²) in [5.41, 5.74) is 1.17. The van der Waals surface area contributed by atoms with Crippen LogP contribution >= 0.6 is 0 Å². The fourth-order valence-corrected chi connectivity index (χ4v) is 5.61. The number of ether oxygens (including phenoxy) is 1. The Morgan fingerprint density at radius 3 is 2.52 bits per heavy atom. The lowest BCUT2D eigenvalue weighted by Gasteiger charge is -2.40. The van der Waals surface area contributed by atoms with Crippen LogP contribution in [0.2, 0.25) is 18.1 Å². The van der Waals surface area contributed by atoms with E-state index < -0.39 is 14.4 Å². The van der Waals surface area contributed by atoms with E-state index in [1.165, 1.54) is 5.56 Å². The quantitative estimate of drug-likeness (QED) is 0.197. The highest BCUT2D eigenvalue weighted by molar-refractivity contribution is 6.74. The maximum absolute atomic E-state index is 13.0. The molecule has 0 spiro atoms. The number of carbonyl (C=O) groups excluding carboxylic acids is 1. The number of aliphatic hydroxyl groups is 1. The molecule has 1 aromatic rings. The van der Waals surface area contributed by atoms with Crippen molar-refractivity contribution < 1.29 is 19.1 Å². The van der Waals surface area contributed by atoms with E-state index >= 15 is 0 Å². The molecule has 0 amide bonds. The highest BCUT2D eigenvalue weighted by atomic mass is 28.4. The van der Waals surface area contributed by atoms with Crippen molar-refractivity contribution in [1.29, 1.82) is 0 Å². The van der Waals surface area contributed by atoms with Crippen molar-refractivity contribution in [3.05, 3.63) is 48.0 Å². The van der Waals surface area contributed by atoms with E-state index in [2.05, 4.69) is 65.1 Å². The van der Waals surface area contributed by atoms with E-state index in [4.69, 9.17) is 9.16 Å². The topological polar surface area (TPSA) is 55.8 Å². The molecule has 4 nitrogen and oxygen atoms in total. The Labute approximate surface area is 202 Å². The number of benzene rings is 1. The Balaban J connectivity index is 2.03. The van der Waals surface area contributed by atoms with Gasteiger partial charge in [-0.1, -0.05) is 89.4 Å². The van der Waals surface area contributed by atoms with Crippen molar-refractivity contribution in [3.8, 4) is 0 Å². The van der Waals surface area contributed by atoms with Crippen LogP contribution < -0.4 is 0 Å². The number of Topliss-reactive ketones (excluding diaryl/α,β-unsaturated/α-hetero) is 1. The third kappa shape index (κ3) is 8.47. The zero-order valence-electron chi connectivity index (χ0n) is 21.7. The summed E-state index contributed by atoms with van der Waals surface area (Å²) < 4.78 is 12.5. The Kier molecular flexibility index (Phi) is 11.0. The summed E-state index contributed by atoms with van der Waals surface area (Å²) in [6.07, 6.45) is 8.51. The molecule has 186 valence electrons. The minimum Gasteiger partial charge on any atom is -0.413 e. The molecule has 0 bridgehead atoms. The molecule has 0 aromatic heterocycles. The van der Waals surface area contributed by atoms with E-state index in [-0.39, 0.29) is 28.8 Å². The van der Waals surface area contributed by atoms with Crippen molar-refractivity contribution in [3.63, 3.8) is 0 Å². The Hall–Kier alpha value is -1.27. The molecular formula is C28H46O4Si. The second kappa shape index (κ2) is 13.0. The van der Waals surface area contributed by atoms with Gasteiger partial charge in [0.05, 0.1) is 31.3 Å². The number of ketones is 1. The number of rotatable bonds is 13. The Bertz CT molecular complexity index is 738. The van der Waals surface area contributed by atoms with Crippen LogP contribution in [0.15, 0.2) is 42.5 Å². The van der Waals surface area contributed by atoms with Crippen molar-refractivity contribution in [2.75, 3.05) is 6.61 Å². The molecule has 1 fully saturated rings. The Morgan fingerprint density at radius 2 is 1.88 bits per heavy atom. The van der Waals surface area contributed by atoms with Gasteiger partial charge in [-0.15, -0.1) is 0 Å². The standard InChI is InChI=1S/C28H46O4Si/c1-7-8-10-18-24(29)27-23(17-13-14-19-31-21-22-15-11-9-12-16-22)26(20-25(27)30)32-33(5,6)28(2,3)4/h9,11-13,15-17,23-24,26-27,29H,7-8,10,14,18-21H2,1-6H3. The summed E-state index contributed by atoms with van der Waals surface area (Å²) in [7, 11) is -2.03. The lowest BCUT2D eigenvalue weighted by Crippen LogP contribution is -2.45. The third-order valence-electron chi connectivity index (χ3n) is 7.29. The van der Waals surface area contributed by atoms with Crippen molar-refractivity contribution in [2.24, 2.45) is 11.8 Å². The second-order valence-corrected chi connectivity index (χ2v) is 15.8. The van der Waals surface area contributed by atoms with Gasteiger partial charge in [-0.3, -0.25) is 4.79 Å². The number of hydrogen-bond acceptors (Lipinski definition) is 4. The minimum atomic E-state index is -2.03. The van der Waals surface area contributed by atoms with Gasteiger partial charge < -0.3 is 14.3 Å². The summed E-state index contributed by atoms with van der Waals surface area (Å²) in [5.74, 6) is -0.284. The molecule has 1 aliphatic rings. The minimum absolute atomic E-state index is 0.0719. The molecule has 0 aliphatic heterocycles. The van der Waals surface area contributed by atoms with Gasteiger partial charge in [0.15, 0.2) is 8.32 Å². The highest BCUT2D eigenvalue weighted by Crippen LogP contribution is 2.43. The molecule has 4 unspecified atom stereocenters. The van der Waals surface area contributed by atoms with Crippen LogP contribution in [-0.2, 0) is 20.6 Å². The van der Waals surface area contributed by atoms with Crippen LogP contribution in [0.4, 0.5) is 0 Å². The fraction of sp³-hybridized carbons (Fsp3) is 0.679. The van der Waals surface area contributed by atoms with E-state index in [0.29, 0.717) is 26.1 Å². The smallest absolute Gasteiger partial charge is 0.192 e. The van der Waals surface area contributed by atoms with Crippen LogP contribution in [0.25, 0.3) is 0 Å². The second-order valence-electron chi connectivity index (χ2n) is 11.0. The van der Waals surface area contributed by atoms with Gasteiger partial charge in [-0.25, -0.2) is 0 Å². The van der Waals surface area contributed by atoms with Gasteiger partial charge in [0, 0.05) is 12.3 Å². The largest absolute Gasteiger partial charge is 0.413 e. The SMILES string of the molecule is CCCCCC(O)C1C(=O)CC(O[Si](C)(C)C(C)(C)C)C1C=CCCOCc1ccccc1. The zero-order chi connectivity index (χ0) is 24.5. The van der Waals surface area contributed by atoms with Crippen LogP contribution in [0.5, 0.6) is 0 Å². The first-order chi connectivity index (χ1) is 15.6. The first kappa shape index (κ1) is 28.0. The lowest BCUT2D eigenvalue weighted by molar-refractivity contribution is -0.124. The molecule has 1 aromatic carbocycles. The van der Waals surface area contributed by atoms with Crippen LogP contribution in [0, 0.1) is 11.8 Å². The average Bonchev–Trinajstić information content (AvgIpc) is 3.04. The fourth-order valence-electron chi connectivity index (χ4n) is 4.26. The first-order valence-electron chi connectivity index (χ1n) is 12.7. The molecule has 33 heavy (non-hydrogen) atoms. The molecule has 4 atom stereocenters. The van der Waals surface area contributed by atoms with Gasteiger partial charge >= 0.3 is 0 Å². The normalized spacial score (nSPS) is 22.9. The molecule has 1 aliphatic carbocycles. The van der Waals surface area contributed by atoms with Crippen molar-refractivity contribution in [1.82, 2.24) is 0 Å². The van der Waals surface area contributed by atoms with Crippen LogP contribution in [-0.4, -0.2) is 38.0 Å². The molecule has 0 saturated heterocycles.